The number of nitrogens with one attached hydrogen (secondary N) is 2. The molecule has 0 aromatic heterocycles. The fourth-order valence-corrected chi connectivity index (χ4v) is 1.90. The maximum atomic E-state index is 13.4. The van der Waals surface area contributed by atoms with Gasteiger partial charge in [0.05, 0.1) is 0 Å². The summed E-state index contributed by atoms with van der Waals surface area (Å²) >= 11 is 0. The molecule has 4 heteroatoms. The topological polar surface area (TPSA) is 24.1 Å². The van der Waals surface area contributed by atoms with Crippen molar-refractivity contribution >= 4 is 0 Å². The molecule has 1 aliphatic rings. The first-order valence-corrected chi connectivity index (χ1v) is 5.58. The van der Waals surface area contributed by atoms with Crippen LogP contribution in [0.25, 0.3) is 0 Å². The van der Waals surface area contributed by atoms with E-state index in [9.17, 15) is 8.78 Å². The Hall–Kier alpha value is -1.00. The quantitative estimate of drug-likeness (QED) is 0.818. The molecule has 0 aliphatic carbocycles. The number of benzene rings is 1. The summed E-state index contributed by atoms with van der Waals surface area (Å²) in [6.07, 6.45) is -0.0447. The Kier molecular flexibility index (Phi) is 3.85. The summed E-state index contributed by atoms with van der Waals surface area (Å²) < 4.78 is 26.1. The number of rotatable bonds is 3. The van der Waals surface area contributed by atoms with E-state index in [1.165, 1.54) is 12.1 Å². The average molecular weight is 226 g/mol. The van der Waals surface area contributed by atoms with Crippen molar-refractivity contribution in [2.45, 2.75) is 25.2 Å². The van der Waals surface area contributed by atoms with Crippen molar-refractivity contribution in [1.82, 2.24) is 10.6 Å². The number of halogens is 2. The minimum absolute atomic E-state index is 0.0914. The van der Waals surface area contributed by atoms with Crippen LogP contribution in [0.3, 0.4) is 0 Å². The Morgan fingerprint density at radius 3 is 2.75 bits per heavy atom. The van der Waals surface area contributed by atoms with E-state index in [2.05, 4.69) is 10.6 Å². The van der Waals surface area contributed by atoms with Crippen molar-refractivity contribution < 1.29 is 8.78 Å². The lowest BCUT2D eigenvalue weighted by molar-refractivity contribution is 0.202. The molecule has 1 aromatic carbocycles. The van der Waals surface area contributed by atoms with Crippen molar-refractivity contribution in [3.63, 3.8) is 0 Å². The third-order valence-electron chi connectivity index (χ3n) is 2.89. The van der Waals surface area contributed by atoms with Gasteiger partial charge >= 0.3 is 0 Å². The van der Waals surface area contributed by atoms with Crippen LogP contribution in [0.5, 0.6) is 0 Å². The first-order chi connectivity index (χ1) is 7.75. The van der Waals surface area contributed by atoms with Gasteiger partial charge in [0.15, 0.2) is 0 Å². The highest BCUT2D eigenvalue weighted by atomic mass is 19.1. The average Bonchev–Trinajstić information content (AvgIpc) is 2.30. The summed E-state index contributed by atoms with van der Waals surface area (Å²) in [5.41, 5.74) is 0.979. The second-order valence-corrected chi connectivity index (χ2v) is 4.12. The van der Waals surface area contributed by atoms with Crippen LogP contribution in [0.4, 0.5) is 8.78 Å². The fourth-order valence-electron chi connectivity index (χ4n) is 1.90. The minimum Gasteiger partial charge on any atom is -0.314 e. The van der Waals surface area contributed by atoms with Crippen LogP contribution >= 0.6 is 0 Å². The first-order valence-electron chi connectivity index (χ1n) is 5.58. The Balaban J connectivity index is 1.84. The molecule has 0 unspecified atom stereocenters. The van der Waals surface area contributed by atoms with Crippen molar-refractivity contribution in [3.05, 3.63) is 35.6 Å². The summed E-state index contributed by atoms with van der Waals surface area (Å²) in [4.78, 5) is 0. The second kappa shape index (κ2) is 5.37. The highest BCUT2D eigenvalue weighted by Crippen LogP contribution is 2.09. The summed E-state index contributed by atoms with van der Waals surface area (Å²) in [5.74, 6) is -0.242. The van der Waals surface area contributed by atoms with E-state index in [0.29, 0.717) is 13.1 Å². The van der Waals surface area contributed by atoms with Crippen molar-refractivity contribution in [2.75, 3.05) is 13.1 Å². The monoisotopic (exact) mass is 226 g/mol. The molecule has 2 atom stereocenters. The molecular formula is C12H16F2N2. The van der Waals surface area contributed by atoms with Crippen LogP contribution in [-0.2, 0) is 6.54 Å². The fraction of sp³-hybridized carbons (Fsp3) is 0.500. The standard InChI is InChI=1S/C12H16F2N2/c13-10-3-1-9(2-4-10)7-16-12-5-6-15-8-11(12)14/h1-4,11-12,15-16H,5-8H2/t11-,12+/m0/s1. The van der Waals surface area contributed by atoms with E-state index >= 15 is 0 Å². The molecule has 1 heterocycles. The predicted molar refractivity (Wildman–Crippen MR) is 59.4 cm³/mol. The third kappa shape index (κ3) is 3.00. The van der Waals surface area contributed by atoms with E-state index in [-0.39, 0.29) is 11.9 Å². The largest absolute Gasteiger partial charge is 0.314 e. The zero-order valence-corrected chi connectivity index (χ0v) is 9.05. The number of piperidine rings is 1. The smallest absolute Gasteiger partial charge is 0.128 e. The Morgan fingerprint density at radius 1 is 1.31 bits per heavy atom. The predicted octanol–water partition coefficient (Wildman–Crippen LogP) is 1.62. The van der Waals surface area contributed by atoms with Crippen LogP contribution in [-0.4, -0.2) is 25.3 Å². The molecule has 16 heavy (non-hydrogen) atoms. The van der Waals surface area contributed by atoms with Crippen molar-refractivity contribution in [3.8, 4) is 0 Å². The van der Waals surface area contributed by atoms with Gasteiger partial charge in [-0.3, -0.25) is 0 Å². The van der Waals surface area contributed by atoms with Gasteiger partial charge in [0.1, 0.15) is 12.0 Å². The summed E-state index contributed by atoms with van der Waals surface area (Å²) in [7, 11) is 0. The molecule has 2 N–H and O–H groups in total. The van der Waals surface area contributed by atoms with Crippen LogP contribution in [0.1, 0.15) is 12.0 Å². The molecule has 1 saturated heterocycles. The van der Waals surface area contributed by atoms with E-state index in [1.807, 2.05) is 0 Å². The van der Waals surface area contributed by atoms with Gasteiger partial charge in [0.2, 0.25) is 0 Å². The van der Waals surface area contributed by atoms with Crippen LogP contribution in [0.15, 0.2) is 24.3 Å². The molecule has 0 radical (unpaired) electrons. The normalized spacial score (nSPS) is 25.6. The van der Waals surface area contributed by atoms with Gasteiger partial charge in [-0.15, -0.1) is 0 Å². The summed E-state index contributed by atoms with van der Waals surface area (Å²) in [5, 5.41) is 6.18. The van der Waals surface area contributed by atoms with Gasteiger partial charge in [0.25, 0.3) is 0 Å². The molecule has 0 spiro atoms. The maximum Gasteiger partial charge on any atom is 0.128 e. The number of alkyl halides is 1. The van der Waals surface area contributed by atoms with Crippen molar-refractivity contribution in [1.29, 1.82) is 0 Å². The zero-order chi connectivity index (χ0) is 11.4. The summed E-state index contributed by atoms with van der Waals surface area (Å²) in [6.45, 7) is 1.86. The Morgan fingerprint density at radius 2 is 2.06 bits per heavy atom. The van der Waals surface area contributed by atoms with Crippen molar-refractivity contribution in [2.24, 2.45) is 0 Å². The molecule has 1 aromatic rings. The SMILES string of the molecule is Fc1ccc(CN[C@@H]2CCNC[C@@H]2F)cc1. The Bertz CT molecular complexity index is 326. The summed E-state index contributed by atoms with van der Waals surface area (Å²) in [6, 6.07) is 6.19. The lowest BCUT2D eigenvalue weighted by Crippen LogP contribution is -2.48. The molecule has 2 rings (SSSR count). The van der Waals surface area contributed by atoms with Gasteiger partial charge < -0.3 is 10.6 Å². The van der Waals surface area contributed by atoms with Gasteiger partial charge in [0, 0.05) is 19.1 Å². The lowest BCUT2D eigenvalue weighted by atomic mass is 10.0. The lowest BCUT2D eigenvalue weighted by Gasteiger charge is -2.27. The molecule has 1 aliphatic heterocycles. The van der Waals surface area contributed by atoms with E-state index in [0.717, 1.165) is 18.5 Å². The highest BCUT2D eigenvalue weighted by Gasteiger charge is 2.23. The molecule has 2 nitrogen and oxygen atoms in total. The van der Waals surface area contributed by atoms with Crippen LogP contribution in [0, 0.1) is 5.82 Å². The molecular weight excluding hydrogens is 210 g/mol. The van der Waals surface area contributed by atoms with Gasteiger partial charge in [-0.05, 0) is 30.7 Å². The maximum absolute atomic E-state index is 13.4. The van der Waals surface area contributed by atoms with Crippen LogP contribution in [0.2, 0.25) is 0 Å². The molecule has 1 fully saturated rings. The molecule has 0 bridgehead atoms. The van der Waals surface area contributed by atoms with E-state index in [1.54, 1.807) is 12.1 Å². The van der Waals surface area contributed by atoms with Crippen LogP contribution < -0.4 is 10.6 Å². The Labute approximate surface area is 94.0 Å². The van der Waals surface area contributed by atoms with Gasteiger partial charge in [-0.25, -0.2) is 8.78 Å². The molecule has 0 amide bonds. The van der Waals surface area contributed by atoms with Gasteiger partial charge in [-0.2, -0.15) is 0 Å². The minimum atomic E-state index is -0.839. The molecule has 0 saturated carbocycles. The third-order valence-corrected chi connectivity index (χ3v) is 2.89. The second-order valence-electron chi connectivity index (χ2n) is 4.12. The number of hydrogen-bond acceptors (Lipinski definition) is 2. The highest BCUT2D eigenvalue weighted by molar-refractivity contribution is 5.15. The molecule has 88 valence electrons. The number of hydrogen-bond donors (Lipinski definition) is 2. The van der Waals surface area contributed by atoms with Gasteiger partial charge in [-0.1, -0.05) is 12.1 Å². The first kappa shape index (κ1) is 11.5. The van der Waals surface area contributed by atoms with E-state index in [4.69, 9.17) is 0 Å². The zero-order valence-electron chi connectivity index (χ0n) is 9.05. The van der Waals surface area contributed by atoms with E-state index < -0.39 is 6.17 Å².